The van der Waals surface area contributed by atoms with Gasteiger partial charge in [-0.05, 0) is 36.5 Å². The summed E-state index contributed by atoms with van der Waals surface area (Å²) < 4.78 is 0. The van der Waals surface area contributed by atoms with Crippen molar-refractivity contribution < 1.29 is 10.2 Å². The SMILES string of the molecule is OC[C@H]1[C@H](CO)[C@H]2C=C[C@@H]1CC2. The molecule has 0 aliphatic heterocycles. The van der Waals surface area contributed by atoms with E-state index >= 15 is 0 Å². The molecule has 12 heavy (non-hydrogen) atoms. The largest absolute Gasteiger partial charge is 0.396 e. The van der Waals surface area contributed by atoms with Crippen LogP contribution in [0.5, 0.6) is 0 Å². The van der Waals surface area contributed by atoms with Crippen molar-refractivity contribution in [3.63, 3.8) is 0 Å². The second-order valence-corrected chi connectivity index (χ2v) is 3.98. The van der Waals surface area contributed by atoms with Crippen LogP contribution in [0.15, 0.2) is 12.2 Å². The van der Waals surface area contributed by atoms with E-state index in [0.717, 1.165) is 0 Å². The molecule has 68 valence electrons. The van der Waals surface area contributed by atoms with Gasteiger partial charge in [-0.3, -0.25) is 0 Å². The molecule has 3 rings (SSSR count). The van der Waals surface area contributed by atoms with Crippen molar-refractivity contribution in [2.24, 2.45) is 23.7 Å². The third-order valence-corrected chi connectivity index (χ3v) is 3.51. The first kappa shape index (κ1) is 8.27. The summed E-state index contributed by atoms with van der Waals surface area (Å²) in [6.07, 6.45) is 6.84. The highest BCUT2D eigenvalue weighted by molar-refractivity contribution is 5.09. The molecule has 0 saturated heterocycles. The van der Waals surface area contributed by atoms with Gasteiger partial charge < -0.3 is 10.2 Å². The van der Waals surface area contributed by atoms with Crippen molar-refractivity contribution in [2.75, 3.05) is 13.2 Å². The number of allylic oxidation sites excluding steroid dienone is 2. The molecule has 0 aromatic heterocycles. The Morgan fingerprint density at radius 2 is 1.33 bits per heavy atom. The molecule has 2 nitrogen and oxygen atoms in total. The maximum atomic E-state index is 9.17. The Balaban J connectivity index is 2.18. The number of fused-ring (bicyclic) bond motifs is 2. The van der Waals surface area contributed by atoms with Gasteiger partial charge in [0.15, 0.2) is 0 Å². The Bertz CT molecular complexity index is 168. The van der Waals surface area contributed by atoms with E-state index in [0.29, 0.717) is 23.7 Å². The standard InChI is InChI=1S/C10H16O2/c11-5-9-7-1-2-8(4-3-7)10(9)6-12/h1-2,7-12H,3-6H2/t7-,8+,9-,10-/m1/s1. The van der Waals surface area contributed by atoms with Crippen molar-refractivity contribution in [3.05, 3.63) is 12.2 Å². The first-order chi connectivity index (χ1) is 5.86. The Morgan fingerprint density at radius 1 is 0.917 bits per heavy atom. The van der Waals surface area contributed by atoms with Crippen molar-refractivity contribution in [1.29, 1.82) is 0 Å². The van der Waals surface area contributed by atoms with E-state index in [4.69, 9.17) is 10.2 Å². The molecule has 2 bridgehead atoms. The second-order valence-electron chi connectivity index (χ2n) is 3.98. The predicted octanol–water partition coefficient (Wildman–Crippen LogP) is 0.799. The molecule has 0 aromatic carbocycles. The molecule has 0 aromatic rings. The van der Waals surface area contributed by atoms with Gasteiger partial charge in [0.1, 0.15) is 0 Å². The van der Waals surface area contributed by atoms with E-state index < -0.39 is 0 Å². The van der Waals surface area contributed by atoms with E-state index in [1.807, 2.05) is 0 Å². The molecule has 3 aliphatic carbocycles. The van der Waals surface area contributed by atoms with Crippen molar-refractivity contribution in [2.45, 2.75) is 12.8 Å². The zero-order valence-corrected chi connectivity index (χ0v) is 7.19. The van der Waals surface area contributed by atoms with Crippen LogP contribution in [0.3, 0.4) is 0 Å². The van der Waals surface area contributed by atoms with Crippen LogP contribution >= 0.6 is 0 Å². The maximum absolute atomic E-state index is 9.17. The summed E-state index contributed by atoms with van der Waals surface area (Å²) in [5.74, 6) is 1.69. The van der Waals surface area contributed by atoms with E-state index in [9.17, 15) is 0 Å². The lowest BCUT2D eigenvalue weighted by atomic mass is 9.63. The predicted molar refractivity (Wildman–Crippen MR) is 46.5 cm³/mol. The minimum absolute atomic E-state index is 0.233. The van der Waals surface area contributed by atoms with Gasteiger partial charge >= 0.3 is 0 Å². The number of hydrogen-bond acceptors (Lipinski definition) is 2. The number of aliphatic hydroxyl groups is 2. The summed E-state index contributed by atoms with van der Waals surface area (Å²) in [5.41, 5.74) is 0. The van der Waals surface area contributed by atoms with Crippen LogP contribution in [0.25, 0.3) is 0 Å². The van der Waals surface area contributed by atoms with Gasteiger partial charge in [0.2, 0.25) is 0 Å². The highest BCUT2D eigenvalue weighted by Gasteiger charge is 2.39. The van der Waals surface area contributed by atoms with Crippen LogP contribution in [0.1, 0.15) is 12.8 Å². The average Bonchev–Trinajstić information content (AvgIpc) is 2.18. The molecule has 1 saturated carbocycles. The maximum Gasteiger partial charge on any atom is 0.0468 e. The van der Waals surface area contributed by atoms with Gasteiger partial charge in [0.05, 0.1) is 0 Å². The summed E-state index contributed by atoms with van der Waals surface area (Å²) in [6.45, 7) is 0.466. The fourth-order valence-electron chi connectivity index (χ4n) is 2.75. The lowest BCUT2D eigenvalue weighted by Gasteiger charge is -2.43. The van der Waals surface area contributed by atoms with E-state index in [1.165, 1.54) is 12.8 Å². The molecule has 4 atom stereocenters. The summed E-state index contributed by atoms with van der Waals surface area (Å²) in [6, 6.07) is 0. The van der Waals surface area contributed by atoms with Crippen LogP contribution in [0.4, 0.5) is 0 Å². The van der Waals surface area contributed by atoms with Crippen molar-refractivity contribution >= 4 is 0 Å². The van der Waals surface area contributed by atoms with Crippen molar-refractivity contribution in [1.82, 2.24) is 0 Å². The summed E-state index contributed by atoms with van der Waals surface area (Å²) in [5, 5.41) is 18.3. The average molecular weight is 168 g/mol. The van der Waals surface area contributed by atoms with Crippen LogP contribution in [-0.2, 0) is 0 Å². The minimum Gasteiger partial charge on any atom is -0.396 e. The monoisotopic (exact) mass is 168 g/mol. The molecule has 0 unspecified atom stereocenters. The third kappa shape index (κ3) is 1.10. The van der Waals surface area contributed by atoms with Crippen molar-refractivity contribution in [3.8, 4) is 0 Å². The van der Waals surface area contributed by atoms with Gasteiger partial charge in [0, 0.05) is 13.2 Å². The molecule has 2 heteroatoms. The van der Waals surface area contributed by atoms with Gasteiger partial charge in [-0.2, -0.15) is 0 Å². The zero-order chi connectivity index (χ0) is 8.55. The summed E-state index contributed by atoms with van der Waals surface area (Å²) in [4.78, 5) is 0. The molecule has 3 aliphatic rings. The van der Waals surface area contributed by atoms with Crippen LogP contribution in [-0.4, -0.2) is 23.4 Å². The van der Waals surface area contributed by atoms with Gasteiger partial charge in [-0.25, -0.2) is 0 Å². The molecule has 0 heterocycles. The van der Waals surface area contributed by atoms with E-state index in [-0.39, 0.29) is 13.2 Å². The molecular formula is C10H16O2. The van der Waals surface area contributed by atoms with Crippen LogP contribution < -0.4 is 0 Å². The fraction of sp³-hybridized carbons (Fsp3) is 0.800. The Kier molecular flexibility index (Phi) is 2.20. The Labute approximate surface area is 72.9 Å². The smallest absolute Gasteiger partial charge is 0.0468 e. The highest BCUT2D eigenvalue weighted by Crippen LogP contribution is 2.44. The second kappa shape index (κ2) is 3.19. The van der Waals surface area contributed by atoms with Crippen LogP contribution in [0, 0.1) is 23.7 Å². The minimum atomic E-state index is 0.233. The number of hydrogen-bond donors (Lipinski definition) is 2. The number of aliphatic hydroxyl groups excluding tert-OH is 2. The lowest BCUT2D eigenvalue weighted by molar-refractivity contribution is 0.0266. The molecule has 0 amide bonds. The quantitative estimate of drug-likeness (QED) is 0.599. The molecule has 1 fully saturated rings. The van der Waals surface area contributed by atoms with E-state index in [1.54, 1.807) is 0 Å². The normalized spacial score (nSPS) is 45.2. The molecule has 2 N–H and O–H groups in total. The highest BCUT2D eigenvalue weighted by atomic mass is 16.3. The lowest BCUT2D eigenvalue weighted by Crippen LogP contribution is -2.40. The zero-order valence-electron chi connectivity index (χ0n) is 7.19. The fourth-order valence-corrected chi connectivity index (χ4v) is 2.75. The first-order valence-electron chi connectivity index (χ1n) is 4.77. The Hall–Kier alpha value is -0.340. The number of rotatable bonds is 2. The van der Waals surface area contributed by atoms with E-state index in [2.05, 4.69) is 12.2 Å². The van der Waals surface area contributed by atoms with Gasteiger partial charge in [-0.1, -0.05) is 12.2 Å². The van der Waals surface area contributed by atoms with Crippen LogP contribution in [0.2, 0.25) is 0 Å². The van der Waals surface area contributed by atoms with Gasteiger partial charge in [0.25, 0.3) is 0 Å². The molecular weight excluding hydrogens is 152 g/mol. The molecule has 0 radical (unpaired) electrons. The van der Waals surface area contributed by atoms with Gasteiger partial charge in [-0.15, -0.1) is 0 Å². The molecule has 0 spiro atoms. The summed E-state index contributed by atoms with van der Waals surface area (Å²) >= 11 is 0. The third-order valence-electron chi connectivity index (χ3n) is 3.51. The Morgan fingerprint density at radius 3 is 1.58 bits per heavy atom. The topological polar surface area (TPSA) is 40.5 Å². The summed E-state index contributed by atoms with van der Waals surface area (Å²) in [7, 11) is 0. The first-order valence-corrected chi connectivity index (χ1v) is 4.77.